The third kappa shape index (κ3) is 6.41. The van der Waals surface area contributed by atoms with E-state index in [4.69, 9.17) is 9.47 Å². The lowest BCUT2D eigenvalue weighted by Crippen LogP contribution is -3.00. The summed E-state index contributed by atoms with van der Waals surface area (Å²) in [4.78, 5) is 0. The molecule has 0 aromatic rings. The zero-order valence-electron chi connectivity index (χ0n) is 16.4. The molecule has 4 nitrogen and oxygen atoms in total. The highest BCUT2D eigenvalue weighted by Gasteiger charge is 2.43. The Morgan fingerprint density at radius 1 is 0.960 bits per heavy atom. The lowest BCUT2D eigenvalue weighted by Gasteiger charge is -2.51. The third-order valence-electron chi connectivity index (χ3n) is 6.85. The summed E-state index contributed by atoms with van der Waals surface area (Å²) in [6.45, 7) is 11.3. The van der Waals surface area contributed by atoms with E-state index >= 15 is 0 Å². The summed E-state index contributed by atoms with van der Waals surface area (Å²) in [5.74, 6) is 0.784. The molecular weight excluding hydrogens is 542 g/mol. The molecule has 3 aliphatic heterocycles. The summed E-state index contributed by atoms with van der Waals surface area (Å²) in [5, 5.41) is 0. The number of likely N-dealkylation sites (N-methyl/N-ethyl adjacent to an activating group) is 1. The Hall–Kier alpha value is 1.30. The molecular formula is C19H38I2N2O2. The average molecular weight is 580 g/mol. The molecule has 0 N–H and O–H groups in total. The van der Waals surface area contributed by atoms with Crippen molar-refractivity contribution >= 4 is 0 Å². The first-order valence-corrected chi connectivity index (χ1v) is 9.88. The third-order valence-corrected chi connectivity index (χ3v) is 6.85. The maximum absolute atomic E-state index is 6.38. The predicted molar refractivity (Wildman–Crippen MR) is 93.3 cm³/mol. The van der Waals surface area contributed by atoms with Crippen LogP contribution in [0.1, 0.15) is 39.0 Å². The zero-order chi connectivity index (χ0) is 16.3. The minimum absolute atomic E-state index is 0. The maximum Gasteiger partial charge on any atom is 0.105 e. The van der Waals surface area contributed by atoms with Gasteiger partial charge >= 0.3 is 0 Å². The highest BCUT2D eigenvalue weighted by molar-refractivity contribution is 4.79. The van der Waals surface area contributed by atoms with Crippen LogP contribution in [0.25, 0.3) is 0 Å². The van der Waals surface area contributed by atoms with E-state index in [-0.39, 0.29) is 48.0 Å². The van der Waals surface area contributed by atoms with E-state index in [0.717, 1.165) is 55.9 Å². The molecule has 0 amide bonds. The van der Waals surface area contributed by atoms with Crippen LogP contribution in [0.5, 0.6) is 0 Å². The molecule has 6 heteroatoms. The van der Waals surface area contributed by atoms with Gasteiger partial charge in [0.05, 0.1) is 53.0 Å². The zero-order valence-corrected chi connectivity index (χ0v) is 20.7. The number of quaternary nitrogens is 2. The summed E-state index contributed by atoms with van der Waals surface area (Å²) in [6, 6.07) is 0.859. The van der Waals surface area contributed by atoms with E-state index in [2.05, 4.69) is 21.0 Å². The molecule has 3 saturated heterocycles. The first-order valence-electron chi connectivity index (χ1n) is 9.88. The normalized spacial score (nSPS) is 35.6. The molecule has 0 aliphatic carbocycles. The smallest absolute Gasteiger partial charge is 0.105 e. The van der Waals surface area contributed by atoms with Crippen molar-refractivity contribution in [2.45, 2.75) is 51.2 Å². The van der Waals surface area contributed by atoms with Crippen LogP contribution < -0.4 is 48.0 Å². The molecule has 0 saturated carbocycles. The monoisotopic (exact) mass is 580 g/mol. The second-order valence-corrected chi connectivity index (χ2v) is 8.90. The lowest BCUT2D eigenvalue weighted by atomic mass is 9.82. The van der Waals surface area contributed by atoms with Crippen molar-refractivity contribution in [2.24, 2.45) is 5.92 Å². The largest absolute Gasteiger partial charge is 1.00 e. The van der Waals surface area contributed by atoms with Crippen molar-refractivity contribution < 1.29 is 66.4 Å². The quantitative estimate of drug-likeness (QED) is 0.247. The summed E-state index contributed by atoms with van der Waals surface area (Å²) >= 11 is 0. The summed E-state index contributed by atoms with van der Waals surface area (Å²) in [7, 11) is 4.86. The van der Waals surface area contributed by atoms with Crippen molar-refractivity contribution in [3.8, 4) is 0 Å². The number of hydrogen-bond acceptors (Lipinski definition) is 2. The van der Waals surface area contributed by atoms with Crippen molar-refractivity contribution in [3.05, 3.63) is 0 Å². The molecule has 3 heterocycles. The Bertz CT molecular complexity index is 390. The number of nitrogens with zero attached hydrogens (tertiary/aromatic N) is 2. The van der Waals surface area contributed by atoms with E-state index < -0.39 is 0 Å². The molecule has 0 radical (unpaired) electrons. The van der Waals surface area contributed by atoms with Gasteiger partial charge in [0.2, 0.25) is 0 Å². The van der Waals surface area contributed by atoms with Crippen molar-refractivity contribution in [3.63, 3.8) is 0 Å². The number of hydrogen-bond donors (Lipinski definition) is 0. The van der Waals surface area contributed by atoms with Crippen molar-refractivity contribution in [2.75, 3.05) is 66.6 Å². The van der Waals surface area contributed by atoms with Gasteiger partial charge in [-0.2, -0.15) is 0 Å². The fourth-order valence-corrected chi connectivity index (χ4v) is 5.36. The Morgan fingerprint density at radius 2 is 1.64 bits per heavy atom. The summed E-state index contributed by atoms with van der Waals surface area (Å²) in [6.07, 6.45) is 7.41. The van der Waals surface area contributed by atoms with Gasteiger partial charge in [0.15, 0.2) is 0 Å². The highest BCUT2D eigenvalue weighted by atomic mass is 127. The van der Waals surface area contributed by atoms with Crippen LogP contribution in [0.4, 0.5) is 0 Å². The number of morpholine rings is 1. The molecule has 0 spiro atoms. The van der Waals surface area contributed by atoms with Crippen LogP contribution >= 0.6 is 0 Å². The summed E-state index contributed by atoms with van der Waals surface area (Å²) in [5.41, 5.74) is 0. The van der Waals surface area contributed by atoms with E-state index in [1.165, 1.54) is 49.7 Å². The van der Waals surface area contributed by atoms with Crippen LogP contribution in [-0.2, 0) is 9.47 Å². The maximum atomic E-state index is 6.38. The number of piperidine rings is 2. The fourth-order valence-electron chi connectivity index (χ4n) is 5.36. The van der Waals surface area contributed by atoms with Gasteiger partial charge in [-0.1, -0.05) is 0 Å². The van der Waals surface area contributed by atoms with Crippen molar-refractivity contribution in [1.29, 1.82) is 0 Å². The number of halogens is 2. The molecule has 3 rings (SSSR count). The fraction of sp³-hybridized carbons (Fsp3) is 1.00. The standard InChI is InChI=1S/C19H38N2O2.2HI/c1-17(15-20(2)11-13-22-14-12-20)23-16-18-7-6-10-21(3)9-5-4-8-19(18)21;;/h17-19H,4-16H2,1-3H3;2*1H/q+2;;/p-2/t17?,18-,19+,21?;;/m0../s1. The van der Waals surface area contributed by atoms with Crippen molar-refractivity contribution in [1.82, 2.24) is 0 Å². The van der Waals surface area contributed by atoms with Crippen LogP contribution in [-0.4, -0.2) is 87.8 Å². The van der Waals surface area contributed by atoms with Gasteiger partial charge in [-0.3, -0.25) is 0 Å². The minimum Gasteiger partial charge on any atom is -1.00 e. The van der Waals surface area contributed by atoms with E-state index in [0.29, 0.717) is 6.10 Å². The van der Waals surface area contributed by atoms with Gasteiger partial charge in [-0.25, -0.2) is 0 Å². The van der Waals surface area contributed by atoms with Gasteiger partial charge < -0.3 is 66.4 Å². The Labute approximate surface area is 189 Å². The highest BCUT2D eigenvalue weighted by Crippen LogP contribution is 2.36. The van der Waals surface area contributed by atoms with Gasteiger partial charge in [0.25, 0.3) is 0 Å². The molecule has 2 unspecified atom stereocenters. The molecule has 25 heavy (non-hydrogen) atoms. The van der Waals surface area contributed by atoms with E-state index in [1.54, 1.807) is 0 Å². The second kappa shape index (κ2) is 10.7. The lowest BCUT2D eigenvalue weighted by molar-refractivity contribution is -0.947. The van der Waals surface area contributed by atoms with Crippen LogP contribution in [0.3, 0.4) is 0 Å². The number of fused-ring (bicyclic) bond motifs is 1. The van der Waals surface area contributed by atoms with Crippen LogP contribution in [0.2, 0.25) is 0 Å². The van der Waals surface area contributed by atoms with Gasteiger partial charge in [-0.05, 0) is 32.6 Å². The Kier molecular flexibility index (Phi) is 10.5. The second-order valence-electron chi connectivity index (χ2n) is 8.90. The predicted octanol–water partition coefficient (Wildman–Crippen LogP) is -3.71. The van der Waals surface area contributed by atoms with Crippen LogP contribution in [0.15, 0.2) is 0 Å². The molecule has 0 aromatic heterocycles. The topological polar surface area (TPSA) is 18.5 Å². The molecule has 0 aromatic carbocycles. The molecule has 4 atom stereocenters. The van der Waals surface area contributed by atoms with Gasteiger partial charge in [0, 0.05) is 12.3 Å². The SMILES string of the molecule is CC(C[N+]1(C)CCOCC1)OC[C@@H]1CCC[N+]2(C)CCCC[C@H]12.[I-].[I-]. The van der Waals surface area contributed by atoms with E-state index in [9.17, 15) is 0 Å². The van der Waals surface area contributed by atoms with Gasteiger partial charge in [-0.15, -0.1) is 0 Å². The number of ether oxygens (including phenoxy) is 2. The average Bonchev–Trinajstić information content (AvgIpc) is 2.52. The Balaban J connectivity index is 0.00000156. The first-order chi connectivity index (χ1) is 11.0. The number of rotatable bonds is 5. The van der Waals surface area contributed by atoms with Crippen LogP contribution in [0, 0.1) is 5.92 Å². The molecule has 3 fully saturated rings. The Morgan fingerprint density at radius 3 is 2.36 bits per heavy atom. The molecule has 150 valence electrons. The summed E-state index contributed by atoms with van der Waals surface area (Å²) < 4.78 is 14.3. The molecule has 3 aliphatic rings. The van der Waals surface area contributed by atoms with Gasteiger partial charge in [0.1, 0.15) is 25.7 Å². The first kappa shape index (κ1) is 24.3. The van der Waals surface area contributed by atoms with E-state index in [1.807, 2.05) is 0 Å². The molecule has 0 bridgehead atoms. The minimum atomic E-state index is 0.